The van der Waals surface area contributed by atoms with Gasteiger partial charge < -0.3 is 5.11 Å². The van der Waals surface area contributed by atoms with Crippen LogP contribution in [0.2, 0.25) is 0 Å². The number of hydrogen-bond acceptors (Lipinski definition) is 5. The summed E-state index contributed by atoms with van der Waals surface area (Å²) in [5.41, 5.74) is 2.51. The lowest BCUT2D eigenvalue weighted by Gasteiger charge is -2.01. The van der Waals surface area contributed by atoms with Crippen molar-refractivity contribution in [2.24, 2.45) is 5.10 Å². The highest BCUT2D eigenvalue weighted by molar-refractivity contribution is 9.10. The van der Waals surface area contributed by atoms with Gasteiger partial charge in [-0.05, 0) is 30.3 Å². The molecule has 0 unspecified atom stereocenters. The minimum absolute atomic E-state index is 0.0829. The van der Waals surface area contributed by atoms with Crippen molar-refractivity contribution in [3.8, 4) is 5.75 Å². The van der Waals surface area contributed by atoms with E-state index in [1.54, 1.807) is 24.3 Å². The van der Waals surface area contributed by atoms with E-state index in [4.69, 9.17) is 0 Å². The Labute approximate surface area is 133 Å². The molecule has 0 heterocycles. The molecule has 0 aromatic heterocycles. The lowest BCUT2D eigenvalue weighted by molar-refractivity contribution is -0.385. The van der Waals surface area contributed by atoms with E-state index in [-0.39, 0.29) is 17.0 Å². The monoisotopic (exact) mass is 363 g/mol. The molecule has 8 heteroatoms. The number of hydrogen-bond donors (Lipinski definition) is 2. The van der Waals surface area contributed by atoms with E-state index in [1.807, 2.05) is 0 Å². The fourth-order valence-electron chi connectivity index (χ4n) is 1.67. The Bertz CT molecular complexity index is 762. The number of hydrazone groups is 1. The van der Waals surface area contributed by atoms with Crippen LogP contribution in [0.15, 0.2) is 52.0 Å². The van der Waals surface area contributed by atoms with Crippen LogP contribution >= 0.6 is 15.9 Å². The summed E-state index contributed by atoms with van der Waals surface area (Å²) < 4.78 is 0.743. The number of nitrogens with zero attached hydrogens (tertiary/aromatic N) is 2. The topological polar surface area (TPSA) is 105 Å². The number of halogens is 1. The number of rotatable bonds is 4. The molecule has 0 radical (unpaired) electrons. The van der Waals surface area contributed by atoms with Crippen molar-refractivity contribution in [3.05, 3.63) is 68.2 Å². The number of amides is 1. The number of nitrogens with one attached hydrogen (secondary N) is 1. The predicted octanol–water partition coefficient (Wildman–Crippen LogP) is 2.83. The molecule has 0 fully saturated rings. The van der Waals surface area contributed by atoms with E-state index < -0.39 is 10.8 Å². The SMILES string of the molecule is O=C(NN=Cc1cc(O)ccc1[N+](=O)[O-])c1cccc(Br)c1. The molecule has 112 valence electrons. The van der Waals surface area contributed by atoms with Gasteiger partial charge in [-0.15, -0.1) is 0 Å². The van der Waals surface area contributed by atoms with Crippen molar-refractivity contribution >= 4 is 33.7 Å². The van der Waals surface area contributed by atoms with E-state index in [2.05, 4.69) is 26.5 Å². The number of carbonyl (C=O) groups excluding carboxylic acids is 1. The Hall–Kier alpha value is -2.74. The quantitative estimate of drug-likeness (QED) is 0.494. The highest BCUT2D eigenvalue weighted by Gasteiger charge is 2.12. The first kappa shape index (κ1) is 15.6. The van der Waals surface area contributed by atoms with Gasteiger partial charge in [0.15, 0.2) is 0 Å². The van der Waals surface area contributed by atoms with Gasteiger partial charge in [-0.25, -0.2) is 5.43 Å². The zero-order chi connectivity index (χ0) is 16.1. The molecule has 0 spiro atoms. The predicted molar refractivity (Wildman–Crippen MR) is 84.0 cm³/mol. The van der Waals surface area contributed by atoms with Crippen molar-refractivity contribution in [2.45, 2.75) is 0 Å². The molecule has 2 aromatic rings. The van der Waals surface area contributed by atoms with Crippen LogP contribution in [0.4, 0.5) is 5.69 Å². The van der Waals surface area contributed by atoms with Crippen LogP contribution in [0.1, 0.15) is 15.9 Å². The summed E-state index contributed by atoms with van der Waals surface area (Å²) in [5, 5.41) is 23.9. The molecule has 2 aromatic carbocycles. The average Bonchev–Trinajstić information content (AvgIpc) is 2.47. The van der Waals surface area contributed by atoms with Crippen molar-refractivity contribution in [3.63, 3.8) is 0 Å². The summed E-state index contributed by atoms with van der Waals surface area (Å²) in [6.45, 7) is 0. The third-order valence-electron chi connectivity index (χ3n) is 2.66. The van der Waals surface area contributed by atoms with Crippen LogP contribution in [0.3, 0.4) is 0 Å². The number of nitro groups is 1. The second-order valence-electron chi connectivity index (χ2n) is 4.21. The van der Waals surface area contributed by atoms with E-state index in [1.165, 1.54) is 12.1 Å². The molecule has 7 nitrogen and oxygen atoms in total. The number of nitro benzene ring substituents is 1. The molecule has 2 rings (SSSR count). The maximum atomic E-state index is 11.8. The van der Waals surface area contributed by atoms with Crippen molar-refractivity contribution in [1.82, 2.24) is 5.43 Å². The van der Waals surface area contributed by atoms with E-state index in [9.17, 15) is 20.0 Å². The average molecular weight is 364 g/mol. The zero-order valence-corrected chi connectivity index (χ0v) is 12.6. The van der Waals surface area contributed by atoms with Crippen molar-refractivity contribution in [2.75, 3.05) is 0 Å². The van der Waals surface area contributed by atoms with Gasteiger partial charge in [0, 0.05) is 16.1 Å². The van der Waals surface area contributed by atoms with Gasteiger partial charge in [0.1, 0.15) is 5.75 Å². The maximum absolute atomic E-state index is 11.8. The summed E-state index contributed by atoms with van der Waals surface area (Å²) in [4.78, 5) is 22.1. The van der Waals surface area contributed by atoms with E-state index in [0.717, 1.165) is 16.8 Å². The Morgan fingerprint density at radius 2 is 2.09 bits per heavy atom. The lowest BCUT2D eigenvalue weighted by Crippen LogP contribution is -2.17. The lowest BCUT2D eigenvalue weighted by atomic mass is 10.2. The molecule has 0 aliphatic heterocycles. The first-order valence-electron chi connectivity index (χ1n) is 6.04. The van der Waals surface area contributed by atoms with Gasteiger partial charge >= 0.3 is 0 Å². The molecule has 0 saturated carbocycles. The van der Waals surface area contributed by atoms with Crippen molar-refractivity contribution in [1.29, 1.82) is 0 Å². The molecule has 0 bridgehead atoms. The number of carbonyl (C=O) groups is 1. The minimum atomic E-state index is -0.600. The van der Waals surface area contributed by atoms with Gasteiger partial charge in [0.05, 0.1) is 16.7 Å². The molecule has 2 N–H and O–H groups in total. The van der Waals surface area contributed by atoms with Gasteiger partial charge in [0.25, 0.3) is 11.6 Å². The first-order chi connectivity index (χ1) is 10.5. The summed E-state index contributed by atoms with van der Waals surface area (Å²) >= 11 is 3.25. The standard InChI is InChI=1S/C14H10BrN3O4/c15-11-3-1-2-9(6-11)14(20)17-16-8-10-7-12(19)4-5-13(10)18(21)22/h1-8,19H,(H,17,20). The summed E-state index contributed by atoms with van der Waals surface area (Å²) in [6, 6.07) is 10.2. The molecule has 0 aliphatic carbocycles. The van der Waals surface area contributed by atoms with E-state index in [0.29, 0.717) is 5.56 Å². The molecular weight excluding hydrogens is 354 g/mol. The molecule has 0 aliphatic rings. The van der Waals surface area contributed by atoms with Crippen LogP contribution in [0.5, 0.6) is 5.75 Å². The highest BCUT2D eigenvalue weighted by atomic mass is 79.9. The maximum Gasteiger partial charge on any atom is 0.278 e. The number of aromatic hydroxyl groups is 1. The molecule has 1 amide bonds. The number of phenolic OH excluding ortho intramolecular Hbond substituents is 1. The van der Waals surface area contributed by atoms with Gasteiger partial charge in [0.2, 0.25) is 0 Å². The van der Waals surface area contributed by atoms with Crippen LogP contribution < -0.4 is 5.43 Å². The Morgan fingerprint density at radius 1 is 1.32 bits per heavy atom. The highest BCUT2D eigenvalue weighted by Crippen LogP contribution is 2.21. The second-order valence-corrected chi connectivity index (χ2v) is 5.13. The third-order valence-corrected chi connectivity index (χ3v) is 3.16. The van der Waals surface area contributed by atoms with Crippen molar-refractivity contribution < 1.29 is 14.8 Å². The Morgan fingerprint density at radius 3 is 2.77 bits per heavy atom. The molecule has 0 atom stereocenters. The smallest absolute Gasteiger partial charge is 0.278 e. The molecule has 22 heavy (non-hydrogen) atoms. The normalized spacial score (nSPS) is 10.6. The second kappa shape index (κ2) is 6.81. The first-order valence-corrected chi connectivity index (χ1v) is 6.83. The van der Waals surface area contributed by atoms with E-state index >= 15 is 0 Å². The number of phenols is 1. The summed E-state index contributed by atoms with van der Waals surface area (Å²) in [5.74, 6) is -0.592. The van der Waals surface area contributed by atoms with Crippen LogP contribution in [-0.2, 0) is 0 Å². The third kappa shape index (κ3) is 3.89. The minimum Gasteiger partial charge on any atom is -0.508 e. The summed E-state index contributed by atoms with van der Waals surface area (Å²) in [7, 11) is 0. The Balaban J connectivity index is 2.14. The molecular formula is C14H10BrN3O4. The molecule has 0 saturated heterocycles. The van der Waals surface area contributed by atoms with Gasteiger partial charge in [-0.2, -0.15) is 5.10 Å². The van der Waals surface area contributed by atoms with Crippen LogP contribution in [0.25, 0.3) is 0 Å². The van der Waals surface area contributed by atoms with Gasteiger partial charge in [-0.3, -0.25) is 14.9 Å². The van der Waals surface area contributed by atoms with Crippen LogP contribution in [0, 0.1) is 10.1 Å². The summed E-state index contributed by atoms with van der Waals surface area (Å²) in [6.07, 6.45) is 1.10. The zero-order valence-electron chi connectivity index (χ0n) is 11.1. The largest absolute Gasteiger partial charge is 0.508 e. The fourth-order valence-corrected chi connectivity index (χ4v) is 2.07. The number of benzene rings is 2. The van der Waals surface area contributed by atoms with Gasteiger partial charge in [-0.1, -0.05) is 22.0 Å². The Kier molecular flexibility index (Phi) is 4.84. The fraction of sp³-hybridized carbons (Fsp3) is 0. The van der Waals surface area contributed by atoms with Crippen LogP contribution in [-0.4, -0.2) is 22.2 Å².